The lowest BCUT2D eigenvalue weighted by Gasteiger charge is -2.40. The zero-order valence-electron chi connectivity index (χ0n) is 19.6. The first kappa shape index (κ1) is 25.3. The second-order valence-electron chi connectivity index (χ2n) is 9.89. The number of methoxy groups -OCH3 is 1. The summed E-state index contributed by atoms with van der Waals surface area (Å²) < 4.78 is 11.6. The van der Waals surface area contributed by atoms with Gasteiger partial charge in [-0.05, 0) is 70.3 Å². The summed E-state index contributed by atoms with van der Waals surface area (Å²) in [5.74, 6) is 1.56. The van der Waals surface area contributed by atoms with E-state index < -0.39 is 6.10 Å². The van der Waals surface area contributed by atoms with E-state index in [9.17, 15) is 5.11 Å². The van der Waals surface area contributed by atoms with Gasteiger partial charge in [-0.15, -0.1) is 0 Å². The van der Waals surface area contributed by atoms with Gasteiger partial charge in [-0.3, -0.25) is 16.0 Å². The van der Waals surface area contributed by atoms with Crippen molar-refractivity contribution in [3.8, 4) is 0 Å². The minimum absolute atomic E-state index is 0.192. The molecular weight excluding hydrogens is 396 g/mol. The molecule has 5 N–H and O–H groups in total. The summed E-state index contributed by atoms with van der Waals surface area (Å²) in [4.78, 5) is 2.00. The fourth-order valence-electron chi connectivity index (χ4n) is 5.45. The highest BCUT2D eigenvalue weighted by atomic mass is 16.5. The molecule has 2 aliphatic carbocycles. The minimum atomic E-state index is -0.672. The SMILES string of the molecule is COC1CCC(C2CNC(NC3CCC(OCCN(C)CC(O)CO)CC3)NC2)CC1. The molecular formula is C23H46N4O4. The fraction of sp³-hybridized carbons (Fsp3) is 1.00. The van der Waals surface area contributed by atoms with Gasteiger partial charge in [-0.25, -0.2) is 0 Å². The second kappa shape index (κ2) is 13.4. The lowest BCUT2D eigenvalue weighted by molar-refractivity contribution is 0.00349. The molecule has 0 radical (unpaired) electrons. The summed E-state index contributed by atoms with van der Waals surface area (Å²) in [5, 5.41) is 29.5. The van der Waals surface area contributed by atoms with Crippen LogP contribution in [0, 0.1) is 11.8 Å². The van der Waals surface area contributed by atoms with E-state index in [4.69, 9.17) is 14.6 Å². The average Bonchev–Trinajstić information content (AvgIpc) is 2.80. The van der Waals surface area contributed by atoms with Crippen LogP contribution in [-0.4, -0.2) is 99.3 Å². The molecule has 3 aliphatic rings. The van der Waals surface area contributed by atoms with Crippen LogP contribution in [0.25, 0.3) is 0 Å². The zero-order valence-corrected chi connectivity index (χ0v) is 19.6. The van der Waals surface area contributed by atoms with Crippen molar-refractivity contribution >= 4 is 0 Å². The lowest BCUT2D eigenvalue weighted by atomic mass is 9.78. The highest BCUT2D eigenvalue weighted by Gasteiger charge is 2.31. The van der Waals surface area contributed by atoms with Gasteiger partial charge in [0.2, 0.25) is 0 Å². The summed E-state index contributed by atoms with van der Waals surface area (Å²) in [6.07, 6.45) is 9.88. The maximum Gasteiger partial charge on any atom is 0.112 e. The highest BCUT2D eigenvalue weighted by molar-refractivity contribution is 4.87. The van der Waals surface area contributed by atoms with Crippen LogP contribution in [0.2, 0.25) is 0 Å². The predicted molar refractivity (Wildman–Crippen MR) is 122 cm³/mol. The Balaban J connectivity index is 1.24. The minimum Gasteiger partial charge on any atom is -0.394 e. The summed E-state index contributed by atoms with van der Waals surface area (Å²) in [7, 11) is 3.79. The molecule has 2 saturated carbocycles. The Kier molecular flexibility index (Phi) is 10.9. The van der Waals surface area contributed by atoms with Crippen molar-refractivity contribution in [2.45, 2.75) is 82.0 Å². The van der Waals surface area contributed by atoms with Crippen LogP contribution < -0.4 is 16.0 Å². The van der Waals surface area contributed by atoms with Gasteiger partial charge in [-0.2, -0.15) is 0 Å². The number of aliphatic hydroxyl groups is 2. The molecule has 0 aromatic carbocycles. The quantitative estimate of drug-likeness (QED) is 0.315. The standard InChI is InChI=1S/C23H46N4O4/c1-27(15-20(29)16-28)11-12-31-22-9-5-19(6-10-22)26-23-24-13-18(14-25-23)17-3-7-21(30-2)8-4-17/h17-26,28-29H,3-16H2,1-2H3. The van der Waals surface area contributed by atoms with Gasteiger partial charge < -0.3 is 24.6 Å². The number of nitrogens with zero attached hydrogens (tertiary/aromatic N) is 1. The molecule has 0 bridgehead atoms. The molecule has 0 aromatic heterocycles. The molecule has 0 spiro atoms. The first-order valence-corrected chi connectivity index (χ1v) is 12.4. The van der Waals surface area contributed by atoms with Gasteiger partial charge in [0.25, 0.3) is 0 Å². The summed E-state index contributed by atoms with van der Waals surface area (Å²) in [5.41, 5.74) is 0. The molecule has 8 heteroatoms. The van der Waals surface area contributed by atoms with Crippen molar-refractivity contribution in [2.75, 3.05) is 53.6 Å². The van der Waals surface area contributed by atoms with Gasteiger partial charge in [0.15, 0.2) is 0 Å². The third-order valence-electron chi connectivity index (χ3n) is 7.52. The van der Waals surface area contributed by atoms with Crippen molar-refractivity contribution in [2.24, 2.45) is 11.8 Å². The first-order chi connectivity index (χ1) is 15.1. The van der Waals surface area contributed by atoms with Crippen LogP contribution in [0.1, 0.15) is 51.4 Å². The normalized spacial score (nSPS) is 35.9. The van der Waals surface area contributed by atoms with Gasteiger partial charge in [-0.1, -0.05) is 0 Å². The highest BCUT2D eigenvalue weighted by Crippen LogP contribution is 2.31. The largest absolute Gasteiger partial charge is 0.394 e. The summed E-state index contributed by atoms with van der Waals surface area (Å²) in [6.45, 7) is 3.94. The Morgan fingerprint density at radius 3 is 2.23 bits per heavy atom. The third kappa shape index (κ3) is 8.51. The van der Waals surface area contributed by atoms with Crippen molar-refractivity contribution in [3.05, 3.63) is 0 Å². The number of hydrogen-bond acceptors (Lipinski definition) is 8. The van der Waals surface area contributed by atoms with Crippen LogP contribution in [0.5, 0.6) is 0 Å². The molecule has 0 aromatic rings. The lowest BCUT2D eigenvalue weighted by Crippen LogP contribution is -2.63. The van der Waals surface area contributed by atoms with E-state index in [0.717, 1.165) is 57.2 Å². The summed E-state index contributed by atoms with van der Waals surface area (Å²) >= 11 is 0. The molecule has 3 fully saturated rings. The van der Waals surface area contributed by atoms with Crippen LogP contribution in [0.15, 0.2) is 0 Å². The van der Waals surface area contributed by atoms with E-state index in [1.165, 1.54) is 25.7 Å². The first-order valence-electron chi connectivity index (χ1n) is 12.4. The Bertz CT molecular complexity index is 476. The topological polar surface area (TPSA) is 98.2 Å². The van der Waals surface area contributed by atoms with E-state index in [1.807, 2.05) is 19.1 Å². The summed E-state index contributed by atoms with van der Waals surface area (Å²) in [6, 6.07) is 0.543. The average molecular weight is 443 g/mol. The van der Waals surface area contributed by atoms with Gasteiger partial charge in [0, 0.05) is 39.3 Å². The predicted octanol–water partition coefficient (Wildman–Crippen LogP) is 0.487. The van der Waals surface area contributed by atoms with Crippen LogP contribution in [0.4, 0.5) is 0 Å². The Morgan fingerprint density at radius 1 is 0.968 bits per heavy atom. The molecule has 1 saturated heterocycles. The molecule has 1 atom stereocenters. The zero-order chi connectivity index (χ0) is 22.1. The molecule has 8 nitrogen and oxygen atoms in total. The molecule has 31 heavy (non-hydrogen) atoms. The number of hydrogen-bond donors (Lipinski definition) is 5. The number of rotatable bonds is 11. The molecule has 1 unspecified atom stereocenters. The van der Waals surface area contributed by atoms with E-state index in [-0.39, 0.29) is 12.9 Å². The maximum atomic E-state index is 9.49. The number of ether oxygens (including phenoxy) is 2. The van der Waals surface area contributed by atoms with Crippen molar-refractivity contribution in [1.82, 2.24) is 20.9 Å². The molecule has 3 rings (SSSR count). The van der Waals surface area contributed by atoms with Crippen LogP contribution in [-0.2, 0) is 9.47 Å². The monoisotopic (exact) mass is 442 g/mol. The Labute approximate surface area is 188 Å². The van der Waals surface area contributed by atoms with Gasteiger partial charge in [0.05, 0.1) is 31.5 Å². The van der Waals surface area contributed by atoms with Crippen molar-refractivity contribution < 1.29 is 19.7 Å². The van der Waals surface area contributed by atoms with Crippen LogP contribution in [0.3, 0.4) is 0 Å². The molecule has 1 aliphatic heterocycles. The Morgan fingerprint density at radius 2 is 1.61 bits per heavy atom. The number of aliphatic hydroxyl groups excluding tert-OH is 2. The van der Waals surface area contributed by atoms with Crippen molar-refractivity contribution in [3.63, 3.8) is 0 Å². The van der Waals surface area contributed by atoms with Gasteiger partial charge in [0.1, 0.15) is 6.29 Å². The Hall–Kier alpha value is -0.320. The van der Waals surface area contributed by atoms with E-state index in [0.29, 0.717) is 31.4 Å². The second-order valence-corrected chi connectivity index (χ2v) is 9.89. The van der Waals surface area contributed by atoms with E-state index >= 15 is 0 Å². The number of likely N-dealkylation sites (N-methyl/N-ethyl adjacent to an activating group) is 1. The van der Waals surface area contributed by atoms with Crippen LogP contribution >= 0.6 is 0 Å². The number of nitrogens with one attached hydrogen (secondary N) is 3. The van der Waals surface area contributed by atoms with Gasteiger partial charge >= 0.3 is 0 Å². The van der Waals surface area contributed by atoms with E-state index in [1.54, 1.807) is 0 Å². The maximum absolute atomic E-state index is 9.49. The van der Waals surface area contributed by atoms with Crippen molar-refractivity contribution in [1.29, 1.82) is 0 Å². The molecule has 182 valence electrons. The molecule has 1 heterocycles. The third-order valence-corrected chi connectivity index (χ3v) is 7.52. The molecule has 0 amide bonds. The smallest absolute Gasteiger partial charge is 0.112 e. The van der Waals surface area contributed by atoms with E-state index in [2.05, 4.69) is 16.0 Å². The fourth-order valence-corrected chi connectivity index (χ4v) is 5.45.